The number of ether oxygens (including phenoxy) is 1. The monoisotopic (exact) mass is 277 g/mol. The van der Waals surface area contributed by atoms with Crippen LogP contribution in [0, 0.1) is 5.92 Å². The minimum absolute atomic E-state index is 0.391. The second kappa shape index (κ2) is 12.3. The van der Waals surface area contributed by atoms with Gasteiger partial charge in [0.25, 0.3) is 0 Å². The van der Waals surface area contributed by atoms with Crippen molar-refractivity contribution in [3.63, 3.8) is 0 Å². The van der Waals surface area contributed by atoms with Gasteiger partial charge in [0.15, 0.2) is 0 Å². The van der Waals surface area contributed by atoms with Crippen molar-refractivity contribution >= 4 is 11.8 Å². The molecular formula is C14H31NO2S. The van der Waals surface area contributed by atoms with Crippen molar-refractivity contribution < 1.29 is 9.84 Å². The molecule has 3 nitrogen and oxygen atoms in total. The van der Waals surface area contributed by atoms with Crippen LogP contribution in [0.2, 0.25) is 0 Å². The lowest BCUT2D eigenvalue weighted by atomic mass is 10.1. The van der Waals surface area contributed by atoms with Gasteiger partial charge in [0.2, 0.25) is 0 Å². The number of hydrogen-bond donors (Lipinski definition) is 2. The highest BCUT2D eigenvalue weighted by Gasteiger charge is 2.07. The number of aliphatic hydroxyl groups excluding tert-OH is 1. The number of nitrogens with one attached hydrogen (secondary N) is 1. The van der Waals surface area contributed by atoms with Crippen molar-refractivity contribution in [3.8, 4) is 0 Å². The first kappa shape index (κ1) is 18.2. The Morgan fingerprint density at radius 3 is 2.61 bits per heavy atom. The number of aliphatic hydroxyl groups is 1. The maximum Gasteiger partial charge on any atom is 0.0897 e. The predicted octanol–water partition coefficient (Wildman–Crippen LogP) is 2.53. The second-order valence-electron chi connectivity index (χ2n) is 5.23. The largest absolute Gasteiger partial charge is 0.389 e. The van der Waals surface area contributed by atoms with Crippen molar-refractivity contribution in [2.75, 3.05) is 31.3 Å². The summed E-state index contributed by atoms with van der Waals surface area (Å²) < 4.78 is 5.46. The van der Waals surface area contributed by atoms with E-state index in [0.717, 1.165) is 30.5 Å². The Balaban J connectivity index is 3.34. The molecule has 0 saturated carbocycles. The van der Waals surface area contributed by atoms with Gasteiger partial charge in [0.1, 0.15) is 0 Å². The van der Waals surface area contributed by atoms with Gasteiger partial charge in [0, 0.05) is 24.9 Å². The molecule has 0 spiro atoms. The number of thioether (sulfide) groups is 1. The molecule has 2 unspecified atom stereocenters. The van der Waals surface area contributed by atoms with E-state index in [9.17, 15) is 5.11 Å². The highest BCUT2D eigenvalue weighted by molar-refractivity contribution is 7.99. The fourth-order valence-electron chi connectivity index (χ4n) is 1.56. The molecule has 0 saturated heterocycles. The molecule has 0 fully saturated rings. The molecule has 18 heavy (non-hydrogen) atoms. The third-order valence-corrected chi connectivity index (χ3v) is 3.80. The highest BCUT2D eigenvalue weighted by atomic mass is 32.2. The van der Waals surface area contributed by atoms with E-state index < -0.39 is 6.10 Å². The zero-order valence-corrected chi connectivity index (χ0v) is 13.3. The molecule has 0 aromatic rings. The summed E-state index contributed by atoms with van der Waals surface area (Å²) in [6.45, 7) is 10.6. The first-order valence-electron chi connectivity index (χ1n) is 7.13. The third kappa shape index (κ3) is 12.7. The maximum atomic E-state index is 9.74. The molecular weight excluding hydrogens is 246 g/mol. The van der Waals surface area contributed by atoms with Crippen LogP contribution in [0.3, 0.4) is 0 Å². The Morgan fingerprint density at radius 2 is 2.00 bits per heavy atom. The average molecular weight is 277 g/mol. The number of rotatable bonds is 12. The van der Waals surface area contributed by atoms with Crippen LogP contribution in [0.15, 0.2) is 0 Å². The van der Waals surface area contributed by atoms with Gasteiger partial charge in [-0.15, -0.1) is 0 Å². The molecule has 4 heteroatoms. The molecule has 110 valence electrons. The molecule has 0 aromatic carbocycles. The van der Waals surface area contributed by atoms with Crippen molar-refractivity contribution in [1.82, 2.24) is 5.32 Å². The maximum absolute atomic E-state index is 9.74. The lowest BCUT2D eigenvalue weighted by Crippen LogP contribution is -2.37. The summed E-state index contributed by atoms with van der Waals surface area (Å²) in [6, 6.07) is 0.450. The lowest BCUT2D eigenvalue weighted by Gasteiger charge is -2.17. The van der Waals surface area contributed by atoms with Crippen LogP contribution in [0.4, 0.5) is 0 Å². The van der Waals surface area contributed by atoms with Crippen molar-refractivity contribution in [2.45, 2.75) is 52.7 Å². The van der Waals surface area contributed by atoms with E-state index >= 15 is 0 Å². The van der Waals surface area contributed by atoms with E-state index in [4.69, 9.17) is 4.74 Å². The van der Waals surface area contributed by atoms with Crippen LogP contribution in [0.25, 0.3) is 0 Å². The fraction of sp³-hybridized carbons (Fsp3) is 1.00. The zero-order chi connectivity index (χ0) is 13.8. The van der Waals surface area contributed by atoms with Crippen molar-refractivity contribution in [3.05, 3.63) is 0 Å². The molecule has 0 heterocycles. The van der Waals surface area contributed by atoms with Crippen LogP contribution >= 0.6 is 11.8 Å². The molecule has 0 aliphatic rings. The van der Waals surface area contributed by atoms with Gasteiger partial charge >= 0.3 is 0 Å². The Hall–Kier alpha value is 0.230. The highest BCUT2D eigenvalue weighted by Crippen LogP contribution is 2.03. The Kier molecular flexibility index (Phi) is 12.4. The third-order valence-electron chi connectivity index (χ3n) is 2.65. The second-order valence-corrected chi connectivity index (χ2v) is 6.55. The molecule has 0 bridgehead atoms. The van der Waals surface area contributed by atoms with E-state index in [2.05, 4.69) is 33.0 Å². The summed E-state index contributed by atoms with van der Waals surface area (Å²) in [5.41, 5.74) is 0. The first-order chi connectivity index (χ1) is 8.56. The number of hydrogen-bond acceptors (Lipinski definition) is 4. The van der Waals surface area contributed by atoms with Crippen LogP contribution < -0.4 is 5.32 Å². The summed E-state index contributed by atoms with van der Waals surface area (Å²) in [7, 11) is 0. The fourth-order valence-corrected chi connectivity index (χ4v) is 2.27. The molecule has 0 aromatic heterocycles. The van der Waals surface area contributed by atoms with Crippen molar-refractivity contribution in [2.24, 2.45) is 5.92 Å². The van der Waals surface area contributed by atoms with Crippen molar-refractivity contribution in [1.29, 1.82) is 0 Å². The molecule has 0 amide bonds. The smallest absolute Gasteiger partial charge is 0.0897 e. The minimum Gasteiger partial charge on any atom is -0.389 e. The summed E-state index contributed by atoms with van der Waals surface area (Å²) in [5, 5.41) is 13.1. The Morgan fingerprint density at radius 1 is 1.28 bits per heavy atom. The van der Waals surface area contributed by atoms with Gasteiger partial charge in [-0.3, -0.25) is 0 Å². The summed E-state index contributed by atoms with van der Waals surface area (Å²) in [6.07, 6.45) is 1.89. The van der Waals surface area contributed by atoms with E-state index in [0.29, 0.717) is 19.2 Å². The Bertz CT molecular complexity index is 179. The predicted molar refractivity (Wildman–Crippen MR) is 81.4 cm³/mol. The van der Waals surface area contributed by atoms with E-state index in [1.807, 2.05) is 11.8 Å². The van der Waals surface area contributed by atoms with E-state index in [1.54, 1.807) is 0 Å². The SMILES string of the molecule is CCSCC(C)NCC(O)COCCCC(C)C. The van der Waals surface area contributed by atoms with Crippen LogP contribution in [0.1, 0.15) is 40.5 Å². The van der Waals surface area contributed by atoms with Gasteiger partial charge in [-0.2, -0.15) is 11.8 Å². The van der Waals surface area contributed by atoms with Gasteiger partial charge in [-0.1, -0.05) is 20.8 Å². The molecule has 0 aliphatic heterocycles. The topological polar surface area (TPSA) is 41.5 Å². The van der Waals surface area contributed by atoms with Gasteiger partial charge < -0.3 is 15.2 Å². The van der Waals surface area contributed by atoms with Gasteiger partial charge in [0.05, 0.1) is 12.7 Å². The molecule has 0 radical (unpaired) electrons. The first-order valence-corrected chi connectivity index (χ1v) is 8.28. The van der Waals surface area contributed by atoms with Gasteiger partial charge in [-0.05, 0) is 31.4 Å². The molecule has 2 N–H and O–H groups in total. The molecule has 0 rings (SSSR count). The summed E-state index contributed by atoms with van der Waals surface area (Å²) in [5.74, 6) is 2.98. The normalized spacial score (nSPS) is 15.0. The summed E-state index contributed by atoms with van der Waals surface area (Å²) in [4.78, 5) is 0. The minimum atomic E-state index is -0.391. The van der Waals surface area contributed by atoms with Crippen LogP contribution in [0.5, 0.6) is 0 Å². The Labute approximate surface area is 117 Å². The standard InChI is InChI=1S/C14H31NO2S/c1-5-18-11-13(4)15-9-14(16)10-17-8-6-7-12(2)3/h12-16H,5-11H2,1-4H3. The summed E-state index contributed by atoms with van der Waals surface area (Å²) >= 11 is 1.92. The van der Waals surface area contributed by atoms with E-state index in [-0.39, 0.29) is 0 Å². The lowest BCUT2D eigenvalue weighted by molar-refractivity contribution is 0.0340. The quantitative estimate of drug-likeness (QED) is 0.538. The van der Waals surface area contributed by atoms with Crippen LogP contribution in [-0.4, -0.2) is 48.5 Å². The average Bonchev–Trinajstić information content (AvgIpc) is 2.33. The zero-order valence-electron chi connectivity index (χ0n) is 12.4. The molecule has 0 aliphatic carbocycles. The molecule has 2 atom stereocenters. The van der Waals surface area contributed by atoms with Gasteiger partial charge in [-0.25, -0.2) is 0 Å². The van der Waals surface area contributed by atoms with E-state index in [1.165, 1.54) is 6.42 Å². The van der Waals surface area contributed by atoms with Crippen LogP contribution in [-0.2, 0) is 4.74 Å².